The number of furan rings is 1. The van der Waals surface area contributed by atoms with Gasteiger partial charge in [-0.1, -0.05) is 11.8 Å². The number of hydrogen-bond acceptors (Lipinski definition) is 9. The molecule has 5 rings (SSSR count). The van der Waals surface area contributed by atoms with Crippen LogP contribution in [-0.4, -0.2) is 47.8 Å². The first-order chi connectivity index (χ1) is 18.9. The molecule has 11 heteroatoms. The summed E-state index contributed by atoms with van der Waals surface area (Å²) in [6.45, 7) is 4.85. The van der Waals surface area contributed by atoms with E-state index in [1.165, 1.54) is 30.4 Å². The van der Waals surface area contributed by atoms with Gasteiger partial charge in [0, 0.05) is 30.1 Å². The van der Waals surface area contributed by atoms with Crippen LogP contribution >= 0.6 is 35.1 Å². The average molecular weight is 583 g/mol. The van der Waals surface area contributed by atoms with Gasteiger partial charge in [0.2, 0.25) is 0 Å². The highest BCUT2D eigenvalue weighted by molar-refractivity contribution is 8.19. The molecule has 3 heterocycles. The fraction of sp³-hybridized carbons (Fsp3) is 0.250. The smallest absolute Gasteiger partial charge is 0.269 e. The van der Waals surface area contributed by atoms with Gasteiger partial charge in [0.25, 0.3) is 5.91 Å². The summed E-state index contributed by atoms with van der Waals surface area (Å²) < 4.78 is 11.3. The van der Waals surface area contributed by atoms with Gasteiger partial charge in [-0.25, -0.2) is 4.99 Å². The third kappa shape index (κ3) is 5.68. The Balaban J connectivity index is 1.55. The van der Waals surface area contributed by atoms with Crippen molar-refractivity contribution >= 4 is 69.0 Å². The summed E-state index contributed by atoms with van der Waals surface area (Å²) >= 11 is 8.63. The number of amides is 1. The van der Waals surface area contributed by atoms with E-state index in [9.17, 15) is 9.59 Å². The fourth-order valence-corrected chi connectivity index (χ4v) is 6.57. The molecule has 0 spiro atoms. The van der Waals surface area contributed by atoms with E-state index in [0.717, 1.165) is 27.0 Å². The topological polar surface area (TPSA) is 87.4 Å². The number of halogens is 1. The van der Waals surface area contributed by atoms with Gasteiger partial charge in [0.05, 0.1) is 40.8 Å². The van der Waals surface area contributed by atoms with E-state index < -0.39 is 0 Å². The van der Waals surface area contributed by atoms with Crippen LogP contribution in [0.4, 0.5) is 17.1 Å². The fourth-order valence-electron chi connectivity index (χ4n) is 4.17. The second-order valence-corrected chi connectivity index (χ2v) is 11.1. The third-order valence-corrected chi connectivity index (χ3v) is 8.67. The number of hydrogen-bond donors (Lipinski definition) is 1. The standard InChI is InChI=1S/C28H27ClN4O4S2/c1-4-30-21-9-7-18(17(2)34)14-22(21)31-28-33(16-20-6-5-12-36-20)26(35)25(39-28)27-32(3)23-15-19(37-13-11-29)8-10-24(23)38-27/h5-10,12,14-15,30H,4,11,13,16H2,1-3H3/b27-25-,31-28+. The molecule has 202 valence electrons. The van der Waals surface area contributed by atoms with Crippen LogP contribution in [0.25, 0.3) is 0 Å². The summed E-state index contributed by atoms with van der Waals surface area (Å²) in [7, 11) is 1.94. The molecule has 1 fully saturated rings. The monoisotopic (exact) mass is 582 g/mol. The van der Waals surface area contributed by atoms with E-state index in [1.54, 1.807) is 29.4 Å². The van der Waals surface area contributed by atoms with Gasteiger partial charge in [-0.3, -0.25) is 14.5 Å². The molecule has 0 bridgehead atoms. The molecule has 1 aromatic heterocycles. The van der Waals surface area contributed by atoms with Crippen molar-refractivity contribution in [2.45, 2.75) is 25.3 Å². The summed E-state index contributed by atoms with van der Waals surface area (Å²) in [5.74, 6) is 1.55. The molecule has 1 N–H and O–H groups in total. The molecule has 2 aliphatic heterocycles. The number of rotatable bonds is 9. The van der Waals surface area contributed by atoms with Crippen molar-refractivity contribution in [3.05, 3.63) is 76.1 Å². The van der Waals surface area contributed by atoms with Crippen LogP contribution in [0, 0.1) is 0 Å². The Morgan fingerprint density at radius 3 is 2.74 bits per heavy atom. The molecule has 2 aliphatic rings. The first-order valence-corrected chi connectivity index (χ1v) is 14.5. The minimum atomic E-state index is -0.163. The maximum atomic E-state index is 13.9. The largest absolute Gasteiger partial charge is 0.492 e. The van der Waals surface area contributed by atoms with Crippen molar-refractivity contribution in [1.29, 1.82) is 0 Å². The minimum absolute atomic E-state index is 0.0546. The number of ether oxygens (including phenoxy) is 1. The Bertz CT molecular complexity index is 1470. The highest BCUT2D eigenvalue weighted by Gasteiger charge is 2.40. The molecule has 39 heavy (non-hydrogen) atoms. The van der Waals surface area contributed by atoms with Crippen LogP contribution in [0.1, 0.15) is 30.0 Å². The molecular weight excluding hydrogens is 556 g/mol. The van der Waals surface area contributed by atoms with E-state index in [1.807, 2.05) is 49.2 Å². The predicted molar refractivity (Wildman–Crippen MR) is 158 cm³/mol. The first-order valence-electron chi connectivity index (χ1n) is 12.4. The van der Waals surface area contributed by atoms with Crippen LogP contribution in [0.2, 0.25) is 0 Å². The maximum Gasteiger partial charge on any atom is 0.269 e. The molecule has 0 radical (unpaired) electrons. The van der Waals surface area contributed by atoms with Gasteiger partial charge in [0.15, 0.2) is 11.0 Å². The molecule has 1 saturated heterocycles. The predicted octanol–water partition coefficient (Wildman–Crippen LogP) is 6.71. The van der Waals surface area contributed by atoms with Crippen molar-refractivity contribution in [3.63, 3.8) is 0 Å². The van der Waals surface area contributed by atoms with Gasteiger partial charge < -0.3 is 19.4 Å². The number of benzene rings is 2. The van der Waals surface area contributed by atoms with Crippen molar-refractivity contribution in [2.75, 3.05) is 36.3 Å². The number of carbonyl (C=O) groups excluding carboxylic acids is 2. The second-order valence-electron chi connectivity index (χ2n) is 8.75. The number of anilines is 2. The molecule has 3 aromatic rings. The summed E-state index contributed by atoms with van der Waals surface area (Å²) in [6, 6.07) is 14.8. The highest BCUT2D eigenvalue weighted by Crippen LogP contribution is 2.51. The Labute approximate surface area is 240 Å². The van der Waals surface area contributed by atoms with Crippen LogP contribution in [-0.2, 0) is 11.3 Å². The molecule has 1 amide bonds. The molecule has 0 atom stereocenters. The van der Waals surface area contributed by atoms with Crippen LogP contribution in [0.5, 0.6) is 5.75 Å². The summed E-state index contributed by atoms with van der Waals surface area (Å²) in [5, 5.41) is 4.62. The van der Waals surface area contributed by atoms with Gasteiger partial charge in [0.1, 0.15) is 23.0 Å². The normalized spacial score (nSPS) is 17.7. The van der Waals surface area contributed by atoms with Crippen molar-refractivity contribution in [3.8, 4) is 5.75 Å². The zero-order valence-electron chi connectivity index (χ0n) is 21.7. The van der Waals surface area contributed by atoms with E-state index in [2.05, 4.69) is 5.32 Å². The lowest BCUT2D eigenvalue weighted by atomic mass is 10.1. The number of fused-ring (bicyclic) bond motifs is 1. The molecule has 0 unspecified atom stereocenters. The van der Waals surface area contributed by atoms with Gasteiger partial charge in [-0.2, -0.15) is 0 Å². The van der Waals surface area contributed by atoms with Crippen LogP contribution in [0.15, 0.2) is 79.0 Å². The summed E-state index contributed by atoms with van der Waals surface area (Å²) in [5.41, 5.74) is 2.88. The van der Waals surface area contributed by atoms with Crippen molar-refractivity contribution in [2.24, 2.45) is 4.99 Å². The number of nitrogens with zero attached hydrogens (tertiary/aromatic N) is 3. The SMILES string of the molecule is CCNc1ccc(C(C)=O)cc1/N=C1/S/C(=C2\Sc3ccc(OCCCl)cc3N2C)C(=O)N1Cc1ccco1. The molecule has 0 aliphatic carbocycles. The van der Waals surface area contributed by atoms with E-state index in [-0.39, 0.29) is 18.2 Å². The van der Waals surface area contributed by atoms with Gasteiger partial charge >= 0.3 is 0 Å². The first kappa shape index (κ1) is 27.2. The Morgan fingerprint density at radius 1 is 1.18 bits per heavy atom. The van der Waals surface area contributed by atoms with Crippen LogP contribution < -0.4 is 15.0 Å². The zero-order valence-corrected chi connectivity index (χ0v) is 24.1. The Hall–Kier alpha value is -3.34. The third-order valence-electron chi connectivity index (χ3n) is 6.09. The van der Waals surface area contributed by atoms with Crippen molar-refractivity contribution < 1.29 is 18.7 Å². The number of carbonyl (C=O) groups is 2. The van der Waals surface area contributed by atoms with Crippen LogP contribution in [0.3, 0.4) is 0 Å². The lowest BCUT2D eigenvalue weighted by Crippen LogP contribution is -2.29. The number of Topliss-reactive ketones (excluding diaryl/α,β-unsaturated/α-hetero) is 1. The number of nitrogens with one attached hydrogen (secondary N) is 1. The van der Waals surface area contributed by atoms with E-state index >= 15 is 0 Å². The molecule has 2 aromatic carbocycles. The zero-order chi connectivity index (χ0) is 27.5. The number of ketones is 1. The number of thioether (sulfide) groups is 2. The summed E-state index contributed by atoms with van der Waals surface area (Å²) in [4.78, 5) is 36.1. The number of aliphatic imine (C=N–C) groups is 1. The van der Waals surface area contributed by atoms with E-state index in [4.69, 9.17) is 25.7 Å². The lowest BCUT2D eigenvalue weighted by Gasteiger charge is -2.16. The lowest BCUT2D eigenvalue weighted by molar-refractivity contribution is -0.122. The van der Waals surface area contributed by atoms with E-state index in [0.29, 0.717) is 46.1 Å². The summed E-state index contributed by atoms with van der Waals surface area (Å²) in [6.07, 6.45) is 1.58. The van der Waals surface area contributed by atoms with Gasteiger partial charge in [-0.05, 0) is 68.1 Å². The second kappa shape index (κ2) is 11.8. The molecule has 8 nitrogen and oxygen atoms in total. The highest BCUT2D eigenvalue weighted by atomic mass is 35.5. The minimum Gasteiger partial charge on any atom is -0.492 e. The number of amidine groups is 1. The molecular formula is C28H27ClN4O4S2. The Kier molecular flexibility index (Phi) is 8.25. The molecule has 0 saturated carbocycles. The average Bonchev–Trinajstić information content (AvgIpc) is 3.63. The Morgan fingerprint density at radius 2 is 2.03 bits per heavy atom. The number of alkyl halides is 1. The quantitative estimate of drug-likeness (QED) is 0.169. The maximum absolute atomic E-state index is 13.9. The van der Waals surface area contributed by atoms with Gasteiger partial charge in [-0.15, -0.1) is 11.6 Å². The van der Waals surface area contributed by atoms with Crippen molar-refractivity contribution in [1.82, 2.24) is 4.90 Å².